The van der Waals surface area contributed by atoms with Gasteiger partial charge in [0.1, 0.15) is 0 Å². The molecule has 2 aromatic rings. The highest BCUT2D eigenvalue weighted by molar-refractivity contribution is 6.03. The van der Waals surface area contributed by atoms with Crippen LogP contribution < -0.4 is 0 Å². The van der Waals surface area contributed by atoms with Gasteiger partial charge in [0.15, 0.2) is 0 Å². The average Bonchev–Trinajstić information content (AvgIpc) is 3.26. The Hall–Kier alpha value is -1.89. The third-order valence-electron chi connectivity index (χ3n) is 3.31. The van der Waals surface area contributed by atoms with Gasteiger partial charge in [-0.25, -0.2) is 0 Å². The van der Waals surface area contributed by atoms with E-state index in [9.17, 15) is 0 Å². The van der Waals surface area contributed by atoms with Crippen LogP contribution in [0.4, 0.5) is 0 Å². The summed E-state index contributed by atoms with van der Waals surface area (Å²) in [5.74, 6) is 0.691. The van der Waals surface area contributed by atoms with Gasteiger partial charge in [0.2, 0.25) is 0 Å². The maximum absolute atomic E-state index is 4.84. The van der Waals surface area contributed by atoms with E-state index in [0.29, 0.717) is 5.92 Å². The van der Waals surface area contributed by atoms with Gasteiger partial charge >= 0.3 is 0 Å². The first-order chi connectivity index (χ1) is 8.93. The van der Waals surface area contributed by atoms with Crippen molar-refractivity contribution in [1.82, 2.24) is 0 Å². The second-order valence-electron chi connectivity index (χ2n) is 4.83. The topological polar surface area (TPSA) is 12.4 Å². The predicted molar refractivity (Wildman–Crippen MR) is 75.8 cm³/mol. The Morgan fingerprint density at radius 1 is 0.889 bits per heavy atom. The van der Waals surface area contributed by atoms with Crippen LogP contribution in [0.2, 0.25) is 0 Å². The zero-order valence-electron chi connectivity index (χ0n) is 10.4. The number of benzene rings is 2. The molecule has 1 aliphatic carbocycles. The van der Waals surface area contributed by atoms with Crippen molar-refractivity contribution in [3.05, 3.63) is 71.8 Å². The van der Waals surface area contributed by atoms with E-state index >= 15 is 0 Å². The summed E-state index contributed by atoms with van der Waals surface area (Å²) in [7, 11) is 0. The molecule has 18 heavy (non-hydrogen) atoms. The van der Waals surface area contributed by atoms with E-state index in [2.05, 4.69) is 54.6 Å². The molecule has 1 heteroatoms. The molecule has 0 amide bonds. The van der Waals surface area contributed by atoms with Crippen molar-refractivity contribution in [2.45, 2.75) is 19.4 Å². The molecule has 1 nitrogen and oxygen atoms in total. The molecule has 0 aromatic heterocycles. The molecule has 0 unspecified atom stereocenters. The zero-order valence-corrected chi connectivity index (χ0v) is 10.4. The van der Waals surface area contributed by atoms with Crippen LogP contribution in [0.25, 0.3) is 0 Å². The number of hydrogen-bond acceptors (Lipinski definition) is 1. The maximum atomic E-state index is 4.84. The number of nitrogens with zero attached hydrogens (tertiary/aromatic N) is 1. The van der Waals surface area contributed by atoms with Crippen molar-refractivity contribution < 1.29 is 0 Å². The van der Waals surface area contributed by atoms with Gasteiger partial charge in [0, 0.05) is 11.6 Å². The molecule has 1 saturated carbocycles. The van der Waals surface area contributed by atoms with Crippen LogP contribution in [-0.2, 0) is 6.54 Å². The average molecular weight is 235 g/mol. The standard InChI is InChI=1S/C17H17N/c1-3-7-14(8-4-1)13-18-17(16-11-12-16)15-9-5-2-6-10-15/h1-10,16H,11-13H2. The molecular weight excluding hydrogens is 218 g/mol. The third kappa shape index (κ3) is 2.67. The molecular formula is C17H17N. The van der Waals surface area contributed by atoms with Gasteiger partial charge in [-0.05, 0) is 24.0 Å². The molecule has 0 N–H and O–H groups in total. The van der Waals surface area contributed by atoms with Crippen LogP contribution >= 0.6 is 0 Å². The lowest BCUT2D eigenvalue weighted by molar-refractivity contribution is 1.03. The molecule has 0 heterocycles. The minimum absolute atomic E-state index is 0.691. The van der Waals surface area contributed by atoms with Gasteiger partial charge in [0.25, 0.3) is 0 Å². The predicted octanol–water partition coefficient (Wildman–Crippen LogP) is 4.09. The number of hydrogen-bond donors (Lipinski definition) is 0. The Labute approximate surface area is 108 Å². The third-order valence-corrected chi connectivity index (χ3v) is 3.31. The first-order valence-corrected chi connectivity index (χ1v) is 6.57. The van der Waals surface area contributed by atoms with Gasteiger partial charge in [-0.1, -0.05) is 60.7 Å². The van der Waals surface area contributed by atoms with Gasteiger partial charge in [-0.3, -0.25) is 4.99 Å². The largest absolute Gasteiger partial charge is 0.284 e. The van der Waals surface area contributed by atoms with E-state index in [1.165, 1.54) is 29.7 Å². The smallest absolute Gasteiger partial charge is 0.0643 e. The normalized spacial score (nSPS) is 15.7. The molecule has 3 rings (SSSR count). The second kappa shape index (κ2) is 5.18. The highest BCUT2D eigenvalue weighted by Gasteiger charge is 2.28. The molecule has 0 radical (unpaired) electrons. The molecule has 0 aliphatic heterocycles. The van der Waals surface area contributed by atoms with Crippen molar-refractivity contribution in [1.29, 1.82) is 0 Å². The summed E-state index contributed by atoms with van der Waals surface area (Å²) in [5.41, 5.74) is 3.86. The molecule has 0 atom stereocenters. The monoisotopic (exact) mass is 235 g/mol. The molecule has 90 valence electrons. The van der Waals surface area contributed by atoms with Crippen molar-refractivity contribution >= 4 is 5.71 Å². The van der Waals surface area contributed by atoms with Crippen molar-refractivity contribution in [3.63, 3.8) is 0 Å². The van der Waals surface area contributed by atoms with E-state index in [1.807, 2.05) is 6.07 Å². The Balaban J connectivity index is 1.82. The van der Waals surface area contributed by atoms with Crippen LogP contribution in [0.15, 0.2) is 65.7 Å². The van der Waals surface area contributed by atoms with Gasteiger partial charge in [0.05, 0.1) is 6.54 Å². The second-order valence-corrected chi connectivity index (χ2v) is 4.83. The van der Waals surface area contributed by atoms with Crippen LogP contribution in [0, 0.1) is 5.92 Å². The fourth-order valence-electron chi connectivity index (χ4n) is 2.18. The highest BCUT2D eigenvalue weighted by Crippen LogP contribution is 2.33. The molecule has 1 fully saturated rings. The van der Waals surface area contributed by atoms with Crippen molar-refractivity contribution in [3.8, 4) is 0 Å². The van der Waals surface area contributed by atoms with Gasteiger partial charge < -0.3 is 0 Å². The van der Waals surface area contributed by atoms with Gasteiger partial charge in [-0.15, -0.1) is 0 Å². The number of rotatable bonds is 4. The Bertz CT molecular complexity index is 524. The van der Waals surface area contributed by atoms with Crippen LogP contribution in [0.1, 0.15) is 24.0 Å². The lowest BCUT2D eigenvalue weighted by Crippen LogP contribution is -2.04. The summed E-state index contributed by atoms with van der Waals surface area (Å²) in [4.78, 5) is 4.84. The SMILES string of the molecule is c1ccc(CN=C(c2ccccc2)C2CC2)cc1. The summed E-state index contributed by atoms with van der Waals surface area (Å²) >= 11 is 0. The van der Waals surface area contributed by atoms with Crippen LogP contribution in [0.5, 0.6) is 0 Å². The fraction of sp³-hybridized carbons (Fsp3) is 0.235. The first kappa shape index (κ1) is 11.2. The molecule has 0 bridgehead atoms. The summed E-state index contributed by atoms with van der Waals surface area (Å²) in [5, 5.41) is 0. The van der Waals surface area contributed by atoms with Crippen molar-refractivity contribution in [2.75, 3.05) is 0 Å². The zero-order chi connectivity index (χ0) is 12.2. The van der Waals surface area contributed by atoms with E-state index in [-0.39, 0.29) is 0 Å². The summed E-state index contributed by atoms with van der Waals surface area (Å²) < 4.78 is 0. The fourth-order valence-corrected chi connectivity index (χ4v) is 2.18. The van der Waals surface area contributed by atoms with Crippen LogP contribution in [-0.4, -0.2) is 5.71 Å². The quantitative estimate of drug-likeness (QED) is 0.708. The first-order valence-electron chi connectivity index (χ1n) is 6.57. The molecule has 2 aromatic carbocycles. The molecule has 1 aliphatic rings. The van der Waals surface area contributed by atoms with E-state index in [1.54, 1.807) is 0 Å². The highest BCUT2D eigenvalue weighted by atomic mass is 14.8. The number of aliphatic imine (C=N–C) groups is 1. The lowest BCUT2D eigenvalue weighted by Gasteiger charge is -2.05. The van der Waals surface area contributed by atoms with Crippen LogP contribution in [0.3, 0.4) is 0 Å². The summed E-state index contributed by atoms with van der Waals surface area (Å²) in [6.45, 7) is 0.793. The summed E-state index contributed by atoms with van der Waals surface area (Å²) in [6.07, 6.45) is 2.59. The van der Waals surface area contributed by atoms with E-state index in [4.69, 9.17) is 4.99 Å². The van der Waals surface area contributed by atoms with E-state index in [0.717, 1.165) is 6.54 Å². The van der Waals surface area contributed by atoms with Gasteiger partial charge in [-0.2, -0.15) is 0 Å². The van der Waals surface area contributed by atoms with Crippen molar-refractivity contribution in [2.24, 2.45) is 10.9 Å². The minimum Gasteiger partial charge on any atom is -0.284 e. The lowest BCUT2D eigenvalue weighted by atomic mass is 10.1. The van der Waals surface area contributed by atoms with E-state index < -0.39 is 0 Å². The molecule has 0 saturated heterocycles. The Morgan fingerprint density at radius 3 is 2.11 bits per heavy atom. The summed E-state index contributed by atoms with van der Waals surface area (Å²) in [6, 6.07) is 21.1. The maximum Gasteiger partial charge on any atom is 0.0643 e. The Morgan fingerprint density at radius 2 is 1.50 bits per heavy atom. The molecule has 0 spiro atoms. The Kier molecular flexibility index (Phi) is 3.22. The minimum atomic E-state index is 0.691.